The Morgan fingerprint density at radius 1 is 0.952 bits per heavy atom. The van der Waals surface area contributed by atoms with Crippen LogP contribution in [0.5, 0.6) is 0 Å². The van der Waals surface area contributed by atoms with Gasteiger partial charge < -0.3 is 0 Å². The van der Waals surface area contributed by atoms with Gasteiger partial charge in [0.2, 0.25) is 0 Å². The molecule has 4 bridgehead atoms. The van der Waals surface area contributed by atoms with E-state index < -0.39 is 0 Å². The predicted molar refractivity (Wildman–Crippen MR) is 85.8 cm³/mol. The summed E-state index contributed by atoms with van der Waals surface area (Å²) in [6.45, 7) is 4.12. The molecule has 4 saturated carbocycles. The molecule has 0 aliphatic heterocycles. The Morgan fingerprint density at radius 3 is 2.05 bits per heavy atom. The molecule has 21 heavy (non-hydrogen) atoms. The number of Topliss-reactive ketones (excluding diaryl/α,β-unsaturated/α-hetero) is 1. The molecule has 0 radical (unpaired) electrons. The lowest BCUT2D eigenvalue weighted by atomic mass is 9.51. The van der Waals surface area contributed by atoms with Crippen LogP contribution in [0.2, 0.25) is 5.02 Å². The maximum atomic E-state index is 13.1. The van der Waals surface area contributed by atoms with Crippen LogP contribution in [-0.2, 0) is 0 Å². The monoisotopic (exact) mass is 302 g/mol. The third-order valence-corrected chi connectivity index (χ3v) is 6.69. The first kappa shape index (κ1) is 13.8. The van der Waals surface area contributed by atoms with Crippen molar-refractivity contribution in [3.05, 3.63) is 33.8 Å². The average molecular weight is 303 g/mol. The highest BCUT2D eigenvalue weighted by Crippen LogP contribution is 2.57. The predicted octanol–water partition coefficient (Wildman–Crippen LogP) is 5.21. The van der Waals surface area contributed by atoms with Crippen LogP contribution in [0, 0.1) is 43.4 Å². The maximum absolute atomic E-state index is 13.1. The molecule has 0 spiro atoms. The van der Waals surface area contributed by atoms with Crippen LogP contribution < -0.4 is 0 Å². The molecule has 2 heteroatoms. The highest BCUT2D eigenvalue weighted by molar-refractivity contribution is 6.34. The van der Waals surface area contributed by atoms with Gasteiger partial charge in [-0.2, -0.15) is 0 Å². The lowest BCUT2D eigenvalue weighted by molar-refractivity contribution is -0.0251. The van der Waals surface area contributed by atoms with Crippen molar-refractivity contribution in [2.75, 3.05) is 0 Å². The Morgan fingerprint density at radius 2 is 1.48 bits per heavy atom. The van der Waals surface area contributed by atoms with E-state index in [4.69, 9.17) is 11.6 Å². The number of carbonyl (C=O) groups excluding carboxylic acids is 1. The fourth-order valence-electron chi connectivity index (χ4n) is 5.50. The second-order valence-electron chi connectivity index (χ2n) is 7.74. The molecular weight excluding hydrogens is 280 g/mol. The van der Waals surface area contributed by atoms with Gasteiger partial charge in [0.15, 0.2) is 5.78 Å². The van der Waals surface area contributed by atoms with Crippen LogP contribution in [0.1, 0.15) is 53.6 Å². The number of ketones is 1. The van der Waals surface area contributed by atoms with Crippen molar-refractivity contribution in [3.8, 4) is 0 Å². The largest absolute Gasteiger partial charge is 0.294 e. The summed E-state index contributed by atoms with van der Waals surface area (Å²) in [4.78, 5) is 13.1. The second-order valence-corrected chi connectivity index (χ2v) is 8.14. The molecule has 0 N–H and O–H groups in total. The van der Waals surface area contributed by atoms with Gasteiger partial charge in [0.1, 0.15) is 0 Å². The molecule has 112 valence electrons. The molecular formula is C19H23ClO. The molecule has 0 saturated heterocycles. The summed E-state index contributed by atoms with van der Waals surface area (Å²) < 4.78 is 0. The number of hydrogen-bond donors (Lipinski definition) is 0. The maximum Gasteiger partial charge on any atom is 0.168 e. The first-order valence-electron chi connectivity index (χ1n) is 8.34. The minimum absolute atomic E-state index is 0.248. The van der Waals surface area contributed by atoms with Crippen LogP contribution >= 0.6 is 11.6 Å². The third kappa shape index (κ3) is 2.16. The standard InChI is InChI=1S/C19H23ClO/c1-10-3-16(17(20)4-11(10)2)19(21)18-14-6-12-5-13(8-14)9-15(18)7-12/h3-4,12-15,18H,5-9H2,1-2H3. The molecule has 0 unspecified atom stereocenters. The lowest BCUT2D eigenvalue weighted by Crippen LogP contribution is -2.48. The van der Waals surface area contributed by atoms with E-state index in [1.807, 2.05) is 12.1 Å². The summed E-state index contributed by atoms with van der Waals surface area (Å²) in [5, 5.41) is 0.650. The van der Waals surface area contributed by atoms with Gasteiger partial charge in [-0.25, -0.2) is 0 Å². The van der Waals surface area contributed by atoms with Gasteiger partial charge in [0.25, 0.3) is 0 Å². The summed E-state index contributed by atoms with van der Waals surface area (Å²) in [5.74, 6) is 3.66. The van der Waals surface area contributed by atoms with Gasteiger partial charge in [-0.1, -0.05) is 11.6 Å². The van der Waals surface area contributed by atoms with Crippen LogP contribution in [0.4, 0.5) is 0 Å². The average Bonchev–Trinajstić information content (AvgIpc) is 2.41. The van der Waals surface area contributed by atoms with E-state index in [9.17, 15) is 4.79 Å². The molecule has 1 nitrogen and oxygen atoms in total. The quantitative estimate of drug-likeness (QED) is 0.685. The molecule has 0 aromatic heterocycles. The van der Waals surface area contributed by atoms with Gasteiger partial charge in [0.05, 0.1) is 5.02 Å². The summed E-state index contributed by atoms with van der Waals surface area (Å²) in [5.41, 5.74) is 3.12. The zero-order valence-corrected chi connectivity index (χ0v) is 13.6. The van der Waals surface area contributed by atoms with E-state index in [0.29, 0.717) is 22.6 Å². The molecule has 4 aliphatic rings. The highest BCUT2D eigenvalue weighted by atomic mass is 35.5. The number of carbonyl (C=O) groups is 1. The number of hydrogen-bond acceptors (Lipinski definition) is 1. The summed E-state index contributed by atoms with van der Waals surface area (Å²) in [7, 11) is 0. The van der Waals surface area contributed by atoms with Crippen molar-refractivity contribution in [1.29, 1.82) is 0 Å². The molecule has 0 heterocycles. The van der Waals surface area contributed by atoms with Gasteiger partial charge >= 0.3 is 0 Å². The number of halogens is 1. The zero-order valence-electron chi connectivity index (χ0n) is 12.9. The summed E-state index contributed by atoms with van der Waals surface area (Å²) >= 11 is 6.39. The van der Waals surface area contributed by atoms with Gasteiger partial charge in [-0.05, 0) is 92.9 Å². The molecule has 1 aromatic rings. The third-order valence-electron chi connectivity index (χ3n) is 6.38. The van der Waals surface area contributed by atoms with E-state index in [1.54, 1.807) is 0 Å². The van der Waals surface area contributed by atoms with Crippen molar-refractivity contribution in [1.82, 2.24) is 0 Å². The fourth-order valence-corrected chi connectivity index (χ4v) is 5.81. The fraction of sp³-hybridized carbons (Fsp3) is 0.632. The van der Waals surface area contributed by atoms with E-state index >= 15 is 0 Å². The molecule has 4 fully saturated rings. The van der Waals surface area contributed by atoms with Crippen molar-refractivity contribution >= 4 is 17.4 Å². The topological polar surface area (TPSA) is 17.1 Å². The molecule has 0 amide bonds. The van der Waals surface area contributed by atoms with Crippen LogP contribution in [0.3, 0.4) is 0 Å². The van der Waals surface area contributed by atoms with Crippen molar-refractivity contribution < 1.29 is 4.79 Å². The number of rotatable bonds is 2. The van der Waals surface area contributed by atoms with E-state index in [2.05, 4.69) is 13.8 Å². The van der Waals surface area contributed by atoms with Gasteiger partial charge in [-0.3, -0.25) is 4.79 Å². The Balaban J connectivity index is 1.68. The first-order valence-corrected chi connectivity index (χ1v) is 8.71. The normalized spacial score (nSPS) is 37.0. The second kappa shape index (κ2) is 4.84. The molecule has 4 aliphatic carbocycles. The molecule has 5 rings (SSSR count). The Kier molecular flexibility index (Phi) is 3.19. The number of aryl methyl sites for hydroxylation is 2. The SMILES string of the molecule is Cc1cc(Cl)c(C(=O)C2C3CC4CC(C3)CC2C4)cc1C. The summed E-state index contributed by atoms with van der Waals surface area (Å²) in [6, 6.07) is 3.98. The minimum atomic E-state index is 0.248. The molecule has 0 atom stereocenters. The van der Waals surface area contributed by atoms with Gasteiger partial charge in [0, 0.05) is 11.5 Å². The van der Waals surface area contributed by atoms with E-state index in [1.165, 1.54) is 43.2 Å². The first-order chi connectivity index (χ1) is 10.0. The van der Waals surface area contributed by atoms with Crippen molar-refractivity contribution in [2.45, 2.75) is 46.0 Å². The van der Waals surface area contributed by atoms with Crippen molar-refractivity contribution in [3.63, 3.8) is 0 Å². The van der Waals surface area contributed by atoms with Crippen molar-refractivity contribution in [2.24, 2.45) is 29.6 Å². The lowest BCUT2D eigenvalue weighted by Gasteiger charge is -2.53. The van der Waals surface area contributed by atoms with Crippen LogP contribution in [-0.4, -0.2) is 5.78 Å². The Labute approximate surface area is 132 Å². The number of benzene rings is 1. The highest BCUT2D eigenvalue weighted by Gasteiger charge is 2.50. The minimum Gasteiger partial charge on any atom is -0.294 e. The van der Waals surface area contributed by atoms with Crippen LogP contribution in [0.15, 0.2) is 12.1 Å². The Bertz CT molecular complexity index is 576. The van der Waals surface area contributed by atoms with E-state index in [0.717, 1.165) is 17.4 Å². The smallest absolute Gasteiger partial charge is 0.168 e. The Hall–Kier alpha value is -0.820. The van der Waals surface area contributed by atoms with E-state index in [-0.39, 0.29) is 5.92 Å². The molecule has 1 aromatic carbocycles. The summed E-state index contributed by atoms with van der Waals surface area (Å²) in [6.07, 6.45) is 6.56. The van der Waals surface area contributed by atoms with Gasteiger partial charge in [-0.15, -0.1) is 0 Å². The van der Waals surface area contributed by atoms with Crippen LogP contribution in [0.25, 0.3) is 0 Å². The zero-order chi connectivity index (χ0) is 14.7.